The molecule has 0 atom stereocenters. The Balaban J connectivity index is 1.42. The minimum atomic E-state index is -4.62. The first-order chi connectivity index (χ1) is 17.9. The van der Waals surface area contributed by atoms with Gasteiger partial charge in [0.2, 0.25) is 5.91 Å². The molecule has 0 saturated heterocycles. The second-order valence-electron chi connectivity index (χ2n) is 8.08. The van der Waals surface area contributed by atoms with Crippen LogP contribution in [0.1, 0.15) is 11.4 Å². The predicted molar refractivity (Wildman–Crippen MR) is 132 cm³/mol. The fourth-order valence-electron chi connectivity index (χ4n) is 3.81. The highest BCUT2D eigenvalue weighted by Gasteiger charge is 2.33. The SMILES string of the molecule is O=C(Cc1nnn(-c2ccnc(C(F)(F)F)c2)c1-c1ccccc1)Nc1ccc(-c2ccccc2)cn1. The second-order valence-corrected chi connectivity index (χ2v) is 8.08. The molecule has 5 aromatic rings. The Bertz CT molecular complexity index is 1520. The van der Waals surface area contributed by atoms with Crippen LogP contribution in [0.5, 0.6) is 0 Å². The largest absolute Gasteiger partial charge is 0.433 e. The Hall–Kier alpha value is -4.86. The molecule has 7 nitrogen and oxygen atoms in total. The molecular formula is C27H19F3N6O. The van der Waals surface area contributed by atoms with Gasteiger partial charge in [-0.15, -0.1) is 5.10 Å². The van der Waals surface area contributed by atoms with Crippen LogP contribution >= 0.6 is 0 Å². The zero-order chi connectivity index (χ0) is 25.8. The van der Waals surface area contributed by atoms with Gasteiger partial charge < -0.3 is 5.32 Å². The molecule has 3 heterocycles. The number of pyridine rings is 2. The highest BCUT2D eigenvalue weighted by Crippen LogP contribution is 2.31. The first-order valence-corrected chi connectivity index (χ1v) is 11.2. The summed E-state index contributed by atoms with van der Waals surface area (Å²) in [5.74, 6) is -0.0304. The molecule has 1 amide bonds. The van der Waals surface area contributed by atoms with E-state index in [4.69, 9.17) is 0 Å². The maximum atomic E-state index is 13.2. The lowest BCUT2D eigenvalue weighted by molar-refractivity contribution is -0.141. The summed E-state index contributed by atoms with van der Waals surface area (Å²) >= 11 is 0. The van der Waals surface area contributed by atoms with Gasteiger partial charge in [-0.05, 0) is 29.8 Å². The minimum absolute atomic E-state index is 0.124. The van der Waals surface area contributed by atoms with Crippen molar-refractivity contribution in [1.29, 1.82) is 0 Å². The Kier molecular flexibility index (Phi) is 6.46. The van der Waals surface area contributed by atoms with Crippen LogP contribution in [-0.4, -0.2) is 30.9 Å². The molecule has 3 aromatic heterocycles. The lowest BCUT2D eigenvalue weighted by atomic mass is 10.1. The normalized spacial score (nSPS) is 11.3. The Labute approximate surface area is 209 Å². The van der Waals surface area contributed by atoms with E-state index in [1.165, 1.54) is 10.7 Å². The number of carbonyl (C=O) groups excluding carboxylic acids is 1. The average Bonchev–Trinajstić information content (AvgIpc) is 3.33. The predicted octanol–water partition coefficient (Wildman–Crippen LogP) is 5.59. The fraction of sp³-hybridized carbons (Fsp3) is 0.0741. The van der Waals surface area contributed by atoms with Crippen LogP contribution in [0.15, 0.2) is 97.3 Å². The molecule has 1 N–H and O–H groups in total. The van der Waals surface area contributed by atoms with Crippen molar-refractivity contribution in [1.82, 2.24) is 25.0 Å². The van der Waals surface area contributed by atoms with E-state index in [2.05, 4.69) is 25.6 Å². The van der Waals surface area contributed by atoms with E-state index in [9.17, 15) is 18.0 Å². The van der Waals surface area contributed by atoms with Crippen molar-refractivity contribution < 1.29 is 18.0 Å². The molecule has 0 aliphatic rings. The topological polar surface area (TPSA) is 85.6 Å². The number of rotatable bonds is 6. The summed E-state index contributed by atoms with van der Waals surface area (Å²) < 4.78 is 41.0. The number of carbonyl (C=O) groups is 1. The molecule has 0 bridgehead atoms. The summed E-state index contributed by atoms with van der Waals surface area (Å²) in [7, 11) is 0. The number of nitrogens with one attached hydrogen (secondary N) is 1. The zero-order valence-corrected chi connectivity index (χ0v) is 19.2. The van der Waals surface area contributed by atoms with E-state index in [-0.39, 0.29) is 12.1 Å². The summed E-state index contributed by atoms with van der Waals surface area (Å²) in [6.45, 7) is 0. The minimum Gasteiger partial charge on any atom is -0.310 e. The summed E-state index contributed by atoms with van der Waals surface area (Å²) in [5.41, 5.74) is 2.33. The van der Waals surface area contributed by atoms with Gasteiger partial charge in [-0.2, -0.15) is 13.2 Å². The maximum Gasteiger partial charge on any atom is 0.433 e. The van der Waals surface area contributed by atoms with E-state index >= 15 is 0 Å². The highest BCUT2D eigenvalue weighted by atomic mass is 19.4. The van der Waals surface area contributed by atoms with E-state index in [0.29, 0.717) is 22.8 Å². The van der Waals surface area contributed by atoms with Crippen LogP contribution in [0.2, 0.25) is 0 Å². The molecule has 0 spiro atoms. The summed E-state index contributed by atoms with van der Waals surface area (Å²) in [5, 5.41) is 10.9. The number of nitrogens with zero attached hydrogens (tertiary/aromatic N) is 5. The van der Waals surface area contributed by atoms with Crippen molar-refractivity contribution in [3.63, 3.8) is 0 Å². The van der Waals surface area contributed by atoms with Crippen molar-refractivity contribution in [3.8, 4) is 28.1 Å². The van der Waals surface area contributed by atoms with Gasteiger partial charge in [0.25, 0.3) is 0 Å². The van der Waals surface area contributed by atoms with E-state index < -0.39 is 17.8 Å². The summed E-state index contributed by atoms with van der Waals surface area (Å²) in [4.78, 5) is 20.6. The number of hydrogen-bond donors (Lipinski definition) is 1. The molecule has 0 unspecified atom stereocenters. The molecule has 0 aliphatic carbocycles. The van der Waals surface area contributed by atoms with Crippen LogP contribution < -0.4 is 5.32 Å². The molecule has 5 rings (SSSR count). The summed E-state index contributed by atoms with van der Waals surface area (Å²) in [6.07, 6.45) is -2.05. The van der Waals surface area contributed by atoms with Crippen molar-refractivity contribution in [3.05, 3.63) is 109 Å². The standard InChI is InChI=1S/C27H19F3N6O/c28-27(29,30)23-15-21(13-14-31-23)36-26(19-9-5-2-6-10-19)22(34-35-36)16-25(37)33-24-12-11-20(17-32-24)18-7-3-1-4-8-18/h1-15,17H,16H2,(H,32,33,37). The van der Waals surface area contributed by atoms with Crippen LogP contribution in [-0.2, 0) is 17.4 Å². The number of anilines is 1. The van der Waals surface area contributed by atoms with Gasteiger partial charge in [-0.3, -0.25) is 9.78 Å². The smallest absolute Gasteiger partial charge is 0.310 e. The maximum absolute atomic E-state index is 13.2. The van der Waals surface area contributed by atoms with Crippen LogP contribution in [0.4, 0.5) is 19.0 Å². The number of halogens is 3. The van der Waals surface area contributed by atoms with Gasteiger partial charge in [0.1, 0.15) is 17.2 Å². The second kappa shape index (κ2) is 10.0. The third-order valence-corrected chi connectivity index (χ3v) is 5.53. The third kappa shape index (κ3) is 5.37. The Morgan fingerprint density at radius 3 is 2.19 bits per heavy atom. The van der Waals surface area contributed by atoms with Crippen LogP contribution in [0, 0.1) is 0 Å². The van der Waals surface area contributed by atoms with Gasteiger partial charge in [-0.1, -0.05) is 65.9 Å². The lowest BCUT2D eigenvalue weighted by Crippen LogP contribution is -2.16. The van der Waals surface area contributed by atoms with Gasteiger partial charge in [0.15, 0.2) is 0 Å². The average molecular weight is 500 g/mol. The molecule has 0 radical (unpaired) electrons. The quantitative estimate of drug-likeness (QED) is 0.329. The molecule has 10 heteroatoms. The number of benzene rings is 2. The van der Waals surface area contributed by atoms with Crippen LogP contribution in [0.3, 0.4) is 0 Å². The van der Waals surface area contributed by atoms with Crippen LogP contribution in [0.25, 0.3) is 28.1 Å². The number of alkyl halides is 3. The number of amides is 1. The van der Waals surface area contributed by atoms with Crippen molar-refractivity contribution >= 4 is 11.7 Å². The molecule has 0 fully saturated rings. The lowest BCUT2D eigenvalue weighted by Gasteiger charge is -2.11. The van der Waals surface area contributed by atoms with Gasteiger partial charge in [0, 0.05) is 23.5 Å². The monoisotopic (exact) mass is 500 g/mol. The van der Waals surface area contributed by atoms with Gasteiger partial charge >= 0.3 is 6.18 Å². The van der Waals surface area contributed by atoms with Crippen molar-refractivity contribution in [2.75, 3.05) is 5.32 Å². The van der Waals surface area contributed by atoms with Gasteiger partial charge in [-0.25, -0.2) is 9.67 Å². The molecular weight excluding hydrogens is 481 g/mol. The highest BCUT2D eigenvalue weighted by molar-refractivity contribution is 5.92. The molecule has 184 valence electrons. The van der Waals surface area contributed by atoms with Crippen molar-refractivity contribution in [2.45, 2.75) is 12.6 Å². The van der Waals surface area contributed by atoms with Crippen molar-refractivity contribution in [2.24, 2.45) is 0 Å². The third-order valence-electron chi connectivity index (χ3n) is 5.53. The fourth-order valence-corrected chi connectivity index (χ4v) is 3.81. The van der Waals surface area contributed by atoms with Gasteiger partial charge in [0.05, 0.1) is 17.8 Å². The molecule has 0 aliphatic heterocycles. The first-order valence-electron chi connectivity index (χ1n) is 11.2. The summed E-state index contributed by atoms with van der Waals surface area (Å²) in [6, 6.07) is 24.5. The van der Waals surface area contributed by atoms with E-state index in [1.807, 2.05) is 42.5 Å². The number of aromatic nitrogens is 5. The number of hydrogen-bond acceptors (Lipinski definition) is 5. The molecule has 37 heavy (non-hydrogen) atoms. The Morgan fingerprint density at radius 2 is 1.54 bits per heavy atom. The van der Waals surface area contributed by atoms with E-state index in [0.717, 1.165) is 23.4 Å². The molecule has 0 saturated carbocycles. The molecule has 2 aromatic carbocycles. The zero-order valence-electron chi connectivity index (χ0n) is 19.2. The van der Waals surface area contributed by atoms with E-state index in [1.54, 1.807) is 36.5 Å². The Morgan fingerprint density at radius 1 is 0.838 bits per heavy atom. The first kappa shape index (κ1) is 23.9.